The maximum Gasteiger partial charge on any atom is 0.191 e. The summed E-state index contributed by atoms with van der Waals surface area (Å²) in [4.78, 5) is 6.88. The van der Waals surface area contributed by atoms with E-state index in [0.29, 0.717) is 36.1 Å². The number of hydrogen-bond donors (Lipinski definition) is 2. The normalized spacial score (nSPS) is 17.7. The van der Waals surface area contributed by atoms with Crippen LogP contribution in [0.4, 0.5) is 4.39 Å². The first kappa shape index (κ1) is 24.6. The first-order valence-electron chi connectivity index (χ1n) is 9.56. The van der Waals surface area contributed by atoms with E-state index in [1.165, 1.54) is 6.07 Å². The standard InChI is InChI=1S/C20H30FN5O.HI/c1-4-23-20(24-11-17-6-5-16(10-22)9-19(17)21)25-12-18-14-26(7-8-27-18)13-15(2)3;/h5-6,9,15,18H,4,7-8,11-14H2,1-3H3,(H2,23,24,25);1H. The highest BCUT2D eigenvalue weighted by molar-refractivity contribution is 14.0. The summed E-state index contributed by atoms with van der Waals surface area (Å²) in [6.07, 6.45) is 0.105. The Kier molecular flexibility index (Phi) is 11.3. The second-order valence-electron chi connectivity index (χ2n) is 7.14. The first-order valence-corrected chi connectivity index (χ1v) is 9.56. The SMILES string of the molecule is CCNC(=NCc1ccc(C#N)cc1F)NCC1CN(CC(C)C)CCO1.I. The van der Waals surface area contributed by atoms with E-state index in [9.17, 15) is 4.39 Å². The Morgan fingerprint density at radius 2 is 2.21 bits per heavy atom. The van der Waals surface area contributed by atoms with E-state index >= 15 is 0 Å². The van der Waals surface area contributed by atoms with Crippen LogP contribution in [0.2, 0.25) is 0 Å². The average Bonchev–Trinajstić information content (AvgIpc) is 2.64. The summed E-state index contributed by atoms with van der Waals surface area (Å²) < 4.78 is 19.9. The van der Waals surface area contributed by atoms with Gasteiger partial charge in [-0.25, -0.2) is 9.38 Å². The maximum absolute atomic E-state index is 14.0. The lowest BCUT2D eigenvalue weighted by molar-refractivity contribution is -0.0284. The molecule has 1 fully saturated rings. The van der Waals surface area contributed by atoms with E-state index in [1.807, 2.05) is 13.0 Å². The third-order valence-corrected chi connectivity index (χ3v) is 4.28. The lowest BCUT2D eigenvalue weighted by Crippen LogP contribution is -2.50. The van der Waals surface area contributed by atoms with Gasteiger partial charge in [0.05, 0.1) is 30.9 Å². The van der Waals surface area contributed by atoms with Gasteiger partial charge in [0.2, 0.25) is 0 Å². The molecule has 0 bridgehead atoms. The van der Waals surface area contributed by atoms with E-state index < -0.39 is 5.82 Å². The van der Waals surface area contributed by atoms with Crippen molar-refractivity contribution in [2.75, 3.05) is 39.3 Å². The first-order chi connectivity index (χ1) is 13.0. The van der Waals surface area contributed by atoms with Crippen LogP contribution in [-0.2, 0) is 11.3 Å². The lowest BCUT2D eigenvalue weighted by atomic mass is 10.1. The Morgan fingerprint density at radius 1 is 1.43 bits per heavy atom. The van der Waals surface area contributed by atoms with E-state index in [-0.39, 0.29) is 36.6 Å². The number of benzene rings is 1. The van der Waals surface area contributed by atoms with Crippen LogP contribution in [0.3, 0.4) is 0 Å². The Hall–Kier alpha value is -1.44. The summed E-state index contributed by atoms with van der Waals surface area (Å²) in [5.74, 6) is 0.859. The van der Waals surface area contributed by atoms with Crippen LogP contribution >= 0.6 is 24.0 Å². The minimum atomic E-state index is -0.409. The number of guanidine groups is 1. The van der Waals surface area contributed by atoms with Crippen LogP contribution in [0.5, 0.6) is 0 Å². The van der Waals surface area contributed by atoms with Gasteiger partial charge >= 0.3 is 0 Å². The molecule has 6 nitrogen and oxygen atoms in total. The molecular formula is C20H31FIN5O. The van der Waals surface area contributed by atoms with Crippen molar-refractivity contribution < 1.29 is 9.13 Å². The van der Waals surface area contributed by atoms with Gasteiger partial charge in [-0.15, -0.1) is 24.0 Å². The fourth-order valence-electron chi connectivity index (χ4n) is 3.05. The van der Waals surface area contributed by atoms with Crippen LogP contribution < -0.4 is 10.6 Å². The number of hydrogen-bond acceptors (Lipinski definition) is 4. The van der Waals surface area contributed by atoms with Crippen molar-refractivity contribution in [3.63, 3.8) is 0 Å². The summed E-state index contributed by atoms with van der Waals surface area (Å²) >= 11 is 0. The predicted octanol–water partition coefficient (Wildman–Crippen LogP) is 2.73. The number of nitrogens with zero attached hydrogens (tertiary/aromatic N) is 3. The molecule has 1 aromatic rings. The van der Waals surface area contributed by atoms with Gasteiger partial charge in [-0.2, -0.15) is 5.26 Å². The molecule has 2 N–H and O–H groups in total. The van der Waals surface area contributed by atoms with Gasteiger partial charge in [-0.1, -0.05) is 19.9 Å². The molecule has 1 aromatic carbocycles. The number of morpholine rings is 1. The molecule has 2 rings (SSSR count). The predicted molar refractivity (Wildman–Crippen MR) is 120 cm³/mol. The van der Waals surface area contributed by atoms with E-state index in [0.717, 1.165) is 26.2 Å². The highest BCUT2D eigenvalue weighted by atomic mass is 127. The van der Waals surface area contributed by atoms with E-state index in [2.05, 4.69) is 34.4 Å². The lowest BCUT2D eigenvalue weighted by Gasteiger charge is -2.34. The van der Waals surface area contributed by atoms with Crippen LogP contribution in [0.15, 0.2) is 23.2 Å². The van der Waals surface area contributed by atoms with Crippen molar-refractivity contribution in [1.82, 2.24) is 15.5 Å². The van der Waals surface area contributed by atoms with Crippen LogP contribution in [0, 0.1) is 23.1 Å². The average molecular weight is 503 g/mol. The molecule has 0 amide bonds. The largest absolute Gasteiger partial charge is 0.374 e. The molecule has 1 unspecified atom stereocenters. The zero-order valence-corrected chi connectivity index (χ0v) is 19.2. The molecule has 156 valence electrons. The highest BCUT2D eigenvalue weighted by Crippen LogP contribution is 2.11. The summed E-state index contributed by atoms with van der Waals surface area (Å²) in [6, 6.07) is 6.38. The molecule has 1 aliphatic rings. The maximum atomic E-state index is 14.0. The monoisotopic (exact) mass is 503 g/mol. The van der Waals surface area contributed by atoms with Crippen LogP contribution in [0.1, 0.15) is 31.9 Å². The molecule has 0 radical (unpaired) electrons. The minimum Gasteiger partial charge on any atom is -0.374 e. The highest BCUT2D eigenvalue weighted by Gasteiger charge is 2.21. The number of nitrogens with one attached hydrogen (secondary N) is 2. The molecule has 0 aromatic heterocycles. The minimum absolute atomic E-state index is 0. The van der Waals surface area contributed by atoms with Gasteiger partial charge in [0.1, 0.15) is 5.82 Å². The molecule has 1 aliphatic heterocycles. The fourth-order valence-corrected chi connectivity index (χ4v) is 3.05. The molecule has 28 heavy (non-hydrogen) atoms. The number of nitriles is 1. The second-order valence-corrected chi connectivity index (χ2v) is 7.14. The molecule has 1 atom stereocenters. The molecule has 8 heteroatoms. The molecule has 1 heterocycles. The summed E-state index contributed by atoms with van der Waals surface area (Å²) in [7, 11) is 0. The number of halogens is 2. The Labute approximate surface area is 184 Å². The fraction of sp³-hybridized carbons (Fsp3) is 0.600. The number of rotatable bonds is 7. The van der Waals surface area contributed by atoms with Crippen molar-refractivity contribution >= 4 is 29.9 Å². The van der Waals surface area contributed by atoms with E-state index in [1.54, 1.807) is 12.1 Å². The zero-order chi connectivity index (χ0) is 19.6. The van der Waals surface area contributed by atoms with Gasteiger partial charge in [0.15, 0.2) is 5.96 Å². The van der Waals surface area contributed by atoms with Crippen molar-refractivity contribution in [3.05, 3.63) is 35.1 Å². The van der Waals surface area contributed by atoms with E-state index in [4.69, 9.17) is 10.00 Å². The van der Waals surface area contributed by atoms with Crippen molar-refractivity contribution in [1.29, 1.82) is 5.26 Å². The smallest absolute Gasteiger partial charge is 0.191 e. The quantitative estimate of drug-likeness (QED) is 0.340. The third-order valence-electron chi connectivity index (χ3n) is 4.28. The van der Waals surface area contributed by atoms with Gasteiger partial charge in [0, 0.05) is 38.3 Å². The van der Waals surface area contributed by atoms with Gasteiger partial charge in [-0.05, 0) is 25.0 Å². The molecule has 0 spiro atoms. The molecule has 0 aliphatic carbocycles. The van der Waals surface area contributed by atoms with Gasteiger partial charge in [0.25, 0.3) is 0 Å². The Morgan fingerprint density at radius 3 is 2.86 bits per heavy atom. The zero-order valence-electron chi connectivity index (χ0n) is 16.9. The second kappa shape index (κ2) is 12.9. The van der Waals surface area contributed by atoms with Crippen LogP contribution in [0.25, 0.3) is 0 Å². The number of aliphatic imine (C=N–C) groups is 1. The molecule has 0 saturated carbocycles. The Balaban J connectivity index is 0.00000392. The topological polar surface area (TPSA) is 72.7 Å². The number of ether oxygens (including phenoxy) is 1. The third kappa shape index (κ3) is 8.29. The van der Waals surface area contributed by atoms with Crippen molar-refractivity contribution in [2.24, 2.45) is 10.9 Å². The molecule has 1 saturated heterocycles. The summed E-state index contributed by atoms with van der Waals surface area (Å²) in [5, 5.41) is 15.3. The van der Waals surface area contributed by atoms with Gasteiger partial charge < -0.3 is 15.4 Å². The van der Waals surface area contributed by atoms with Gasteiger partial charge in [-0.3, -0.25) is 4.90 Å². The van der Waals surface area contributed by atoms with Crippen molar-refractivity contribution in [3.8, 4) is 6.07 Å². The summed E-state index contributed by atoms with van der Waals surface area (Å²) in [5.41, 5.74) is 0.772. The Bertz CT molecular complexity index is 677. The summed E-state index contributed by atoms with van der Waals surface area (Å²) in [6.45, 7) is 11.7. The van der Waals surface area contributed by atoms with Crippen LogP contribution in [-0.4, -0.2) is 56.3 Å². The van der Waals surface area contributed by atoms with Crippen molar-refractivity contribution in [2.45, 2.75) is 33.4 Å². The molecular weight excluding hydrogens is 472 g/mol.